The van der Waals surface area contributed by atoms with Gasteiger partial charge in [0.2, 0.25) is 0 Å². The Bertz CT molecular complexity index is 882. The Balaban J connectivity index is 1.85. The van der Waals surface area contributed by atoms with Gasteiger partial charge in [0.25, 0.3) is 0 Å². The maximum absolute atomic E-state index is 12.2. The number of esters is 2. The van der Waals surface area contributed by atoms with E-state index in [4.69, 9.17) is 24.3 Å². The first kappa shape index (κ1) is 21.7. The van der Waals surface area contributed by atoms with Gasteiger partial charge in [0.1, 0.15) is 18.1 Å². The lowest BCUT2D eigenvalue weighted by Crippen LogP contribution is -2.30. The highest BCUT2D eigenvalue weighted by atomic mass is 16.6. The third-order valence-electron chi connectivity index (χ3n) is 3.45. The Morgan fingerprint density at radius 1 is 1.03 bits per heavy atom. The molecule has 0 atom stereocenters. The summed E-state index contributed by atoms with van der Waals surface area (Å²) in [5, 5.41) is 20.7. The van der Waals surface area contributed by atoms with Crippen LogP contribution in [0.2, 0.25) is 0 Å². The summed E-state index contributed by atoms with van der Waals surface area (Å²) >= 11 is 0. The second-order valence-corrected chi connectivity index (χ2v) is 5.55. The summed E-state index contributed by atoms with van der Waals surface area (Å²) in [6.45, 7) is 3.28. The maximum Gasteiger partial charge on any atom is 0.488 e. The molecule has 0 aliphatic carbocycles. The van der Waals surface area contributed by atoms with E-state index in [0.29, 0.717) is 0 Å². The number of carbonyl (C=O) groups excluding carboxylic acids is 3. The molecule has 0 saturated carbocycles. The largest absolute Gasteiger partial charge is 0.488 e. The second-order valence-electron chi connectivity index (χ2n) is 5.55. The van der Waals surface area contributed by atoms with Gasteiger partial charge in [-0.1, -0.05) is 18.7 Å². The summed E-state index contributed by atoms with van der Waals surface area (Å²) in [6.07, 6.45) is 0.256. The van der Waals surface area contributed by atoms with E-state index in [1.807, 2.05) is 0 Å². The molecule has 0 spiro atoms. The van der Waals surface area contributed by atoms with Crippen LogP contribution in [0.15, 0.2) is 61.2 Å². The zero-order valence-electron chi connectivity index (χ0n) is 15.2. The summed E-state index contributed by atoms with van der Waals surface area (Å²) in [4.78, 5) is 34.7. The van der Waals surface area contributed by atoms with Gasteiger partial charge in [0.05, 0.1) is 12.1 Å². The van der Waals surface area contributed by atoms with Crippen molar-refractivity contribution in [3.63, 3.8) is 0 Å². The van der Waals surface area contributed by atoms with Crippen molar-refractivity contribution < 1.29 is 38.6 Å². The molecule has 10 heteroatoms. The number of nitrogens with one attached hydrogen (secondary N) is 1. The van der Waals surface area contributed by atoms with Crippen LogP contribution in [-0.4, -0.2) is 48.3 Å². The normalized spacial score (nSPS) is 9.86. The van der Waals surface area contributed by atoms with Crippen molar-refractivity contribution in [3.05, 3.63) is 66.7 Å². The lowest BCUT2D eigenvalue weighted by atomic mass is 9.80. The summed E-state index contributed by atoms with van der Waals surface area (Å²) in [6, 6.07) is 11.4. The van der Waals surface area contributed by atoms with Crippen molar-refractivity contribution >= 4 is 30.6 Å². The van der Waals surface area contributed by atoms with Crippen molar-refractivity contribution in [1.29, 1.82) is 0 Å². The van der Waals surface area contributed by atoms with Gasteiger partial charge in [0.15, 0.2) is 0 Å². The summed E-state index contributed by atoms with van der Waals surface area (Å²) in [7, 11) is -1.68. The van der Waals surface area contributed by atoms with Gasteiger partial charge in [-0.15, -0.1) is 0 Å². The van der Waals surface area contributed by atoms with Crippen LogP contribution in [0.5, 0.6) is 11.5 Å². The van der Waals surface area contributed by atoms with Gasteiger partial charge in [0, 0.05) is 6.08 Å². The fourth-order valence-electron chi connectivity index (χ4n) is 2.07. The van der Waals surface area contributed by atoms with Gasteiger partial charge >= 0.3 is 25.2 Å². The fraction of sp³-hybridized carbons (Fsp3) is 0.105. The SMILES string of the molecule is C=CC(=O)OCCNC(=O)Oc1ccc(C(=O)Oc2cccc(B(O)O)c2)cc1. The Labute approximate surface area is 166 Å². The molecule has 0 aliphatic rings. The molecule has 2 rings (SSSR count). The van der Waals surface area contributed by atoms with Crippen LogP contribution in [0.4, 0.5) is 4.79 Å². The topological polar surface area (TPSA) is 131 Å². The van der Waals surface area contributed by atoms with E-state index in [1.165, 1.54) is 48.5 Å². The molecule has 0 aromatic heterocycles. The molecular weight excluding hydrogens is 381 g/mol. The van der Waals surface area contributed by atoms with Gasteiger partial charge in [-0.25, -0.2) is 14.4 Å². The van der Waals surface area contributed by atoms with Gasteiger partial charge in [-0.2, -0.15) is 0 Å². The summed E-state index contributed by atoms with van der Waals surface area (Å²) in [5.74, 6) is -0.929. The van der Waals surface area contributed by atoms with E-state index >= 15 is 0 Å². The molecule has 0 bridgehead atoms. The first-order chi connectivity index (χ1) is 13.9. The van der Waals surface area contributed by atoms with E-state index in [0.717, 1.165) is 6.08 Å². The third-order valence-corrected chi connectivity index (χ3v) is 3.45. The molecule has 2 aromatic rings. The molecule has 29 heavy (non-hydrogen) atoms. The molecule has 0 aliphatic heterocycles. The van der Waals surface area contributed by atoms with E-state index in [1.54, 1.807) is 0 Å². The monoisotopic (exact) mass is 399 g/mol. The number of carbonyl (C=O) groups is 3. The molecule has 9 nitrogen and oxygen atoms in total. The molecule has 0 heterocycles. The van der Waals surface area contributed by atoms with Crippen LogP contribution in [0, 0.1) is 0 Å². The molecule has 3 N–H and O–H groups in total. The molecule has 150 valence electrons. The molecular formula is C19H18BNO8. The van der Waals surface area contributed by atoms with Crippen LogP contribution < -0.4 is 20.3 Å². The number of benzene rings is 2. The highest BCUT2D eigenvalue weighted by Crippen LogP contribution is 2.15. The average Bonchev–Trinajstić information content (AvgIpc) is 2.71. The molecule has 0 saturated heterocycles. The zero-order chi connectivity index (χ0) is 21.2. The zero-order valence-corrected chi connectivity index (χ0v) is 15.2. The van der Waals surface area contributed by atoms with Crippen LogP contribution in [-0.2, 0) is 9.53 Å². The highest BCUT2D eigenvalue weighted by molar-refractivity contribution is 6.58. The quantitative estimate of drug-likeness (QED) is 0.191. The fourth-order valence-corrected chi connectivity index (χ4v) is 2.07. The van der Waals surface area contributed by atoms with Crippen molar-refractivity contribution in [2.45, 2.75) is 0 Å². The molecule has 0 fully saturated rings. The van der Waals surface area contributed by atoms with Crippen LogP contribution in [0.1, 0.15) is 10.4 Å². The van der Waals surface area contributed by atoms with Crippen molar-refractivity contribution in [3.8, 4) is 11.5 Å². The summed E-state index contributed by atoms with van der Waals surface area (Å²) in [5.41, 5.74) is 0.383. The predicted molar refractivity (Wildman–Crippen MR) is 103 cm³/mol. The molecule has 0 unspecified atom stereocenters. The highest BCUT2D eigenvalue weighted by Gasteiger charge is 2.14. The Morgan fingerprint density at radius 2 is 1.76 bits per heavy atom. The lowest BCUT2D eigenvalue weighted by molar-refractivity contribution is -0.137. The van der Waals surface area contributed by atoms with Crippen LogP contribution in [0.3, 0.4) is 0 Å². The minimum atomic E-state index is -1.68. The number of ether oxygens (including phenoxy) is 3. The maximum atomic E-state index is 12.2. The molecule has 2 aromatic carbocycles. The standard InChI is InChI=1S/C19H18BNO8/c1-2-17(22)27-11-10-21-19(24)29-15-8-6-13(7-9-15)18(23)28-16-5-3-4-14(12-16)20(25)26/h2-9,12,25-26H,1,10-11H2,(H,21,24). The smallest absolute Gasteiger partial charge is 0.461 e. The van der Waals surface area contributed by atoms with E-state index in [9.17, 15) is 14.4 Å². The Kier molecular flexibility index (Phi) is 7.95. The van der Waals surface area contributed by atoms with Crippen molar-refractivity contribution in [2.24, 2.45) is 0 Å². The first-order valence-corrected chi connectivity index (χ1v) is 8.42. The Morgan fingerprint density at radius 3 is 2.41 bits per heavy atom. The second kappa shape index (κ2) is 10.6. The van der Waals surface area contributed by atoms with Gasteiger partial charge < -0.3 is 29.6 Å². The number of hydrogen-bond donors (Lipinski definition) is 3. The van der Waals surface area contributed by atoms with Crippen molar-refractivity contribution in [1.82, 2.24) is 5.32 Å². The van der Waals surface area contributed by atoms with E-state index in [-0.39, 0.29) is 35.7 Å². The average molecular weight is 399 g/mol. The first-order valence-electron chi connectivity index (χ1n) is 8.42. The lowest BCUT2D eigenvalue weighted by Gasteiger charge is -2.08. The van der Waals surface area contributed by atoms with Crippen molar-refractivity contribution in [2.75, 3.05) is 13.2 Å². The van der Waals surface area contributed by atoms with Gasteiger partial charge in [-0.05, 0) is 41.9 Å². The Hall–Kier alpha value is -3.63. The van der Waals surface area contributed by atoms with Crippen LogP contribution >= 0.6 is 0 Å². The molecule has 1 amide bonds. The van der Waals surface area contributed by atoms with Gasteiger partial charge in [-0.3, -0.25) is 0 Å². The number of hydrogen-bond acceptors (Lipinski definition) is 8. The minimum absolute atomic E-state index is 0.0285. The third kappa shape index (κ3) is 7.13. The number of amides is 1. The van der Waals surface area contributed by atoms with E-state index < -0.39 is 25.2 Å². The molecule has 0 radical (unpaired) electrons. The van der Waals surface area contributed by atoms with E-state index in [2.05, 4.69) is 11.9 Å². The minimum Gasteiger partial charge on any atom is -0.461 e. The van der Waals surface area contributed by atoms with Crippen LogP contribution in [0.25, 0.3) is 0 Å². The number of rotatable bonds is 8. The summed E-state index contributed by atoms with van der Waals surface area (Å²) < 4.78 is 14.9. The predicted octanol–water partition coefficient (Wildman–Crippen LogP) is 0.403.